The lowest BCUT2D eigenvalue weighted by Crippen LogP contribution is -2.46. The molecule has 0 spiro atoms. The van der Waals surface area contributed by atoms with E-state index in [0.717, 1.165) is 39.0 Å². The van der Waals surface area contributed by atoms with Crippen molar-refractivity contribution in [1.29, 1.82) is 0 Å². The molecule has 4 nitrogen and oxygen atoms in total. The second-order valence-corrected chi connectivity index (χ2v) is 5.20. The Bertz CT molecular complexity index is 262. The number of hydrogen-bond donors (Lipinski definition) is 1. The molecule has 92 valence electrons. The first-order chi connectivity index (χ1) is 7.72. The Morgan fingerprint density at radius 2 is 2.31 bits per heavy atom. The number of carbonyl (C=O) groups is 1. The summed E-state index contributed by atoms with van der Waals surface area (Å²) in [5.74, 6) is 0.798. The van der Waals surface area contributed by atoms with Gasteiger partial charge in [0.2, 0.25) is 5.91 Å². The lowest BCUT2D eigenvalue weighted by molar-refractivity contribution is -0.138. The van der Waals surface area contributed by atoms with Crippen LogP contribution in [-0.2, 0) is 9.53 Å². The summed E-state index contributed by atoms with van der Waals surface area (Å²) in [4.78, 5) is 14.3. The van der Waals surface area contributed by atoms with E-state index in [1.807, 2.05) is 4.90 Å². The molecule has 2 rings (SSSR count). The van der Waals surface area contributed by atoms with Gasteiger partial charge in [-0.05, 0) is 31.6 Å². The van der Waals surface area contributed by atoms with Gasteiger partial charge in [-0.15, -0.1) is 0 Å². The number of methoxy groups -OCH3 is 1. The molecule has 1 amide bonds. The smallest absolute Gasteiger partial charge is 0.230 e. The van der Waals surface area contributed by atoms with Gasteiger partial charge in [0, 0.05) is 26.7 Å². The van der Waals surface area contributed by atoms with Crippen molar-refractivity contribution in [3.05, 3.63) is 0 Å². The Morgan fingerprint density at radius 1 is 1.56 bits per heavy atom. The fourth-order valence-corrected chi connectivity index (χ4v) is 2.61. The van der Waals surface area contributed by atoms with Gasteiger partial charge >= 0.3 is 0 Å². The van der Waals surface area contributed by atoms with Gasteiger partial charge in [0.25, 0.3) is 0 Å². The molecular weight excluding hydrogens is 204 g/mol. The van der Waals surface area contributed by atoms with Gasteiger partial charge in [-0.1, -0.05) is 0 Å². The van der Waals surface area contributed by atoms with Gasteiger partial charge in [-0.3, -0.25) is 4.79 Å². The zero-order chi connectivity index (χ0) is 11.6. The predicted octanol–water partition coefficient (Wildman–Crippen LogP) is 0.610. The number of amides is 1. The Balaban J connectivity index is 1.91. The van der Waals surface area contributed by atoms with E-state index in [2.05, 4.69) is 0 Å². The SMILES string of the molecule is COCC1CCCN(C(=O)C2(CN)CC2)C1. The first-order valence-electron chi connectivity index (χ1n) is 6.20. The molecule has 0 radical (unpaired) electrons. The van der Waals surface area contributed by atoms with Crippen molar-refractivity contribution in [2.24, 2.45) is 17.1 Å². The highest BCUT2D eigenvalue weighted by molar-refractivity contribution is 5.85. The second kappa shape index (κ2) is 4.72. The maximum absolute atomic E-state index is 12.3. The summed E-state index contributed by atoms with van der Waals surface area (Å²) in [6.07, 6.45) is 4.23. The molecule has 2 N–H and O–H groups in total. The molecule has 1 atom stereocenters. The van der Waals surface area contributed by atoms with E-state index in [9.17, 15) is 4.79 Å². The highest BCUT2D eigenvalue weighted by atomic mass is 16.5. The highest BCUT2D eigenvalue weighted by Gasteiger charge is 2.50. The third-order valence-electron chi connectivity index (χ3n) is 3.91. The molecular formula is C12H22N2O2. The fourth-order valence-electron chi connectivity index (χ4n) is 2.61. The third kappa shape index (κ3) is 2.23. The third-order valence-corrected chi connectivity index (χ3v) is 3.91. The first-order valence-corrected chi connectivity index (χ1v) is 6.20. The van der Waals surface area contributed by atoms with Crippen LogP contribution in [0.4, 0.5) is 0 Å². The number of hydrogen-bond acceptors (Lipinski definition) is 3. The number of nitrogens with two attached hydrogens (primary N) is 1. The minimum atomic E-state index is -0.186. The molecule has 0 aromatic carbocycles. The molecule has 0 aromatic rings. The van der Waals surface area contributed by atoms with Crippen molar-refractivity contribution in [2.45, 2.75) is 25.7 Å². The van der Waals surface area contributed by atoms with Crippen LogP contribution in [0, 0.1) is 11.3 Å². The Labute approximate surface area is 97.1 Å². The minimum absolute atomic E-state index is 0.186. The van der Waals surface area contributed by atoms with E-state index >= 15 is 0 Å². The topological polar surface area (TPSA) is 55.6 Å². The van der Waals surface area contributed by atoms with E-state index in [4.69, 9.17) is 10.5 Å². The molecule has 0 aromatic heterocycles. The summed E-state index contributed by atoms with van der Waals surface area (Å²) in [5.41, 5.74) is 5.51. The van der Waals surface area contributed by atoms with Crippen LogP contribution >= 0.6 is 0 Å². The molecule has 16 heavy (non-hydrogen) atoms. The average Bonchev–Trinajstić information content (AvgIpc) is 3.10. The van der Waals surface area contributed by atoms with Crippen LogP contribution in [-0.4, -0.2) is 44.2 Å². The van der Waals surface area contributed by atoms with Crippen LogP contribution in [0.15, 0.2) is 0 Å². The van der Waals surface area contributed by atoms with Crippen molar-refractivity contribution in [3.8, 4) is 0 Å². The molecule has 1 heterocycles. The summed E-state index contributed by atoms with van der Waals surface area (Å²) in [7, 11) is 1.73. The average molecular weight is 226 g/mol. The van der Waals surface area contributed by atoms with Crippen molar-refractivity contribution in [3.63, 3.8) is 0 Å². The Morgan fingerprint density at radius 3 is 2.88 bits per heavy atom. The van der Waals surface area contributed by atoms with Crippen LogP contribution in [0.2, 0.25) is 0 Å². The van der Waals surface area contributed by atoms with Gasteiger partial charge in [-0.2, -0.15) is 0 Å². The van der Waals surface area contributed by atoms with Crippen molar-refractivity contribution >= 4 is 5.91 Å². The van der Waals surface area contributed by atoms with Crippen molar-refractivity contribution in [2.75, 3.05) is 33.4 Å². The van der Waals surface area contributed by atoms with E-state index in [0.29, 0.717) is 12.5 Å². The van der Waals surface area contributed by atoms with Crippen LogP contribution < -0.4 is 5.73 Å². The normalized spacial score (nSPS) is 27.9. The minimum Gasteiger partial charge on any atom is -0.384 e. The predicted molar refractivity (Wildman–Crippen MR) is 61.9 cm³/mol. The van der Waals surface area contributed by atoms with Gasteiger partial charge < -0.3 is 15.4 Å². The maximum atomic E-state index is 12.3. The van der Waals surface area contributed by atoms with Crippen LogP contribution in [0.1, 0.15) is 25.7 Å². The lowest BCUT2D eigenvalue weighted by Gasteiger charge is -2.34. The van der Waals surface area contributed by atoms with Gasteiger partial charge in [0.1, 0.15) is 0 Å². The lowest BCUT2D eigenvalue weighted by atomic mass is 9.96. The molecule has 1 aliphatic carbocycles. The first kappa shape index (κ1) is 11.9. The number of ether oxygens (including phenoxy) is 1. The van der Waals surface area contributed by atoms with Crippen LogP contribution in [0.5, 0.6) is 0 Å². The molecule has 1 saturated carbocycles. The number of piperidine rings is 1. The molecule has 4 heteroatoms. The summed E-state index contributed by atoms with van der Waals surface area (Å²) >= 11 is 0. The van der Waals surface area contributed by atoms with Crippen LogP contribution in [0.3, 0.4) is 0 Å². The zero-order valence-corrected chi connectivity index (χ0v) is 10.1. The quantitative estimate of drug-likeness (QED) is 0.764. The van der Waals surface area contributed by atoms with E-state index in [1.54, 1.807) is 7.11 Å². The van der Waals surface area contributed by atoms with Crippen molar-refractivity contribution < 1.29 is 9.53 Å². The molecule has 0 bridgehead atoms. The number of likely N-dealkylation sites (tertiary alicyclic amines) is 1. The molecule has 2 aliphatic rings. The largest absolute Gasteiger partial charge is 0.384 e. The fraction of sp³-hybridized carbons (Fsp3) is 0.917. The van der Waals surface area contributed by atoms with E-state index in [1.165, 1.54) is 6.42 Å². The van der Waals surface area contributed by atoms with E-state index < -0.39 is 0 Å². The van der Waals surface area contributed by atoms with Gasteiger partial charge in [0.05, 0.1) is 12.0 Å². The van der Waals surface area contributed by atoms with Crippen molar-refractivity contribution in [1.82, 2.24) is 4.90 Å². The molecule has 2 fully saturated rings. The summed E-state index contributed by atoms with van der Waals surface area (Å²) in [5, 5.41) is 0. The molecule has 1 unspecified atom stereocenters. The number of carbonyl (C=O) groups excluding carboxylic acids is 1. The number of rotatable bonds is 4. The Kier molecular flexibility index (Phi) is 3.50. The Hall–Kier alpha value is -0.610. The molecule has 1 saturated heterocycles. The maximum Gasteiger partial charge on any atom is 0.230 e. The van der Waals surface area contributed by atoms with Gasteiger partial charge in [0.15, 0.2) is 0 Å². The van der Waals surface area contributed by atoms with Gasteiger partial charge in [-0.25, -0.2) is 0 Å². The molecule has 1 aliphatic heterocycles. The zero-order valence-electron chi connectivity index (χ0n) is 10.1. The summed E-state index contributed by atoms with van der Waals surface area (Å²) in [6.45, 7) is 3.03. The number of nitrogens with zero attached hydrogens (tertiary/aromatic N) is 1. The monoisotopic (exact) mass is 226 g/mol. The second-order valence-electron chi connectivity index (χ2n) is 5.20. The van der Waals surface area contributed by atoms with Crippen LogP contribution in [0.25, 0.3) is 0 Å². The standard InChI is InChI=1S/C12H22N2O2/c1-16-8-10-3-2-6-14(7-10)11(15)12(9-13)4-5-12/h10H,2-9,13H2,1H3. The summed E-state index contributed by atoms with van der Waals surface area (Å²) < 4.78 is 5.17. The van der Waals surface area contributed by atoms with E-state index in [-0.39, 0.29) is 11.3 Å². The highest BCUT2D eigenvalue weighted by Crippen LogP contribution is 2.46. The summed E-state index contributed by atoms with van der Waals surface area (Å²) in [6, 6.07) is 0.